The Morgan fingerprint density at radius 1 is 1.52 bits per heavy atom. The SMILES string of the molecule is Cc1sc(C(=O)O)cc1S(=O)(=O)NCCCOCC1CC1. The standard InChI is InChI=1S/C13H19NO5S2/c1-9-12(7-11(20-9)13(15)16)21(17,18)14-5-2-6-19-8-10-3-4-10/h7,10,14H,2-6,8H2,1H3,(H,15,16). The molecule has 1 aliphatic carbocycles. The zero-order chi connectivity index (χ0) is 15.5. The van der Waals surface area contributed by atoms with Crippen LogP contribution in [0.3, 0.4) is 0 Å². The Balaban J connectivity index is 1.81. The van der Waals surface area contributed by atoms with E-state index in [2.05, 4.69) is 4.72 Å². The van der Waals surface area contributed by atoms with E-state index in [1.54, 1.807) is 6.92 Å². The number of carboxylic acids is 1. The summed E-state index contributed by atoms with van der Waals surface area (Å²) in [6, 6.07) is 1.20. The van der Waals surface area contributed by atoms with Crippen LogP contribution in [0.15, 0.2) is 11.0 Å². The van der Waals surface area contributed by atoms with Gasteiger partial charge in [-0.05, 0) is 38.2 Å². The third-order valence-corrected chi connectivity index (χ3v) is 5.94. The maximum absolute atomic E-state index is 12.1. The highest BCUT2D eigenvalue weighted by Crippen LogP contribution is 2.28. The summed E-state index contributed by atoms with van der Waals surface area (Å²) in [6.45, 7) is 3.18. The number of ether oxygens (including phenoxy) is 1. The van der Waals surface area contributed by atoms with E-state index in [-0.39, 0.29) is 16.3 Å². The fraction of sp³-hybridized carbons (Fsp3) is 0.615. The van der Waals surface area contributed by atoms with Crippen LogP contribution in [0.1, 0.15) is 33.8 Å². The molecular weight excluding hydrogens is 314 g/mol. The van der Waals surface area contributed by atoms with Crippen LogP contribution in [-0.2, 0) is 14.8 Å². The van der Waals surface area contributed by atoms with Gasteiger partial charge >= 0.3 is 5.97 Å². The summed E-state index contributed by atoms with van der Waals surface area (Å²) >= 11 is 0.963. The number of carboxylic acid groups (broad SMARTS) is 1. The lowest BCUT2D eigenvalue weighted by molar-refractivity contribution is 0.0702. The van der Waals surface area contributed by atoms with E-state index in [4.69, 9.17) is 9.84 Å². The van der Waals surface area contributed by atoms with E-state index >= 15 is 0 Å². The molecule has 118 valence electrons. The third kappa shape index (κ3) is 4.77. The summed E-state index contributed by atoms with van der Waals surface area (Å²) in [6.07, 6.45) is 3.06. The van der Waals surface area contributed by atoms with Crippen LogP contribution in [0.5, 0.6) is 0 Å². The Labute approximate surface area is 128 Å². The van der Waals surface area contributed by atoms with Crippen molar-refractivity contribution < 1.29 is 23.1 Å². The van der Waals surface area contributed by atoms with E-state index in [0.717, 1.165) is 17.9 Å². The van der Waals surface area contributed by atoms with Crippen molar-refractivity contribution in [2.75, 3.05) is 19.8 Å². The number of sulfonamides is 1. The Morgan fingerprint density at radius 2 is 2.24 bits per heavy atom. The first-order chi connectivity index (χ1) is 9.90. The minimum absolute atomic E-state index is 0.0284. The van der Waals surface area contributed by atoms with Crippen LogP contribution in [0.2, 0.25) is 0 Å². The van der Waals surface area contributed by atoms with Gasteiger partial charge < -0.3 is 9.84 Å². The molecule has 0 amide bonds. The van der Waals surface area contributed by atoms with Crippen LogP contribution >= 0.6 is 11.3 Å². The first kappa shape index (κ1) is 16.4. The molecule has 21 heavy (non-hydrogen) atoms. The number of nitrogens with one attached hydrogen (secondary N) is 1. The number of aromatic carboxylic acids is 1. The molecule has 1 aromatic rings. The number of rotatable bonds is 9. The molecule has 1 aromatic heterocycles. The largest absolute Gasteiger partial charge is 0.477 e. The molecule has 1 aliphatic rings. The Kier molecular flexibility index (Phi) is 5.37. The zero-order valence-electron chi connectivity index (χ0n) is 11.8. The number of aryl methyl sites for hydroxylation is 1. The number of hydrogen-bond acceptors (Lipinski definition) is 5. The number of carbonyl (C=O) groups is 1. The molecule has 0 bridgehead atoms. The van der Waals surface area contributed by atoms with Crippen molar-refractivity contribution in [2.24, 2.45) is 5.92 Å². The van der Waals surface area contributed by atoms with E-state index in [0.29, 0.717) is 23.8 Å². The van der Waals surface area contributed by atoms with Crippen molar-refractivity contribution in [3.8, 4) is 0 Å². The van der Waals surface area contributed by atoms with Crippen molar-refractivity contribution in [3.05, 3.63) is 15.8 Å². The lowest BCUT2D eigenvalue weighted by Gasteiger charge is -2.06. The van der Waals surface area contributed by atoms with Gasteiger partial charge in [0.2, 0.25) is 10.0 Å². The minimum Gasteiger partial charge on any atom is -0.477 e. The summed E-state index contributed by atoms with van der Waals surface area (Å²) in [5.41, 5.74) is 0. The molecule has 0 saturated heterocycles. The lowest BCUT2D eigenvalue weighted by Crippen LogP contribution is -2.25. The predicted octanol–water partition coefficient (Wildman–Crippen LogP) is 1.85. The van der Waals surface area contributed by atoms with E-state index in [1.807, 2.05) is 0 Å². The van der Waals surface area contributed by atoms with Gasteiger partial charge in [-0.15, -0.1) is 11.3 Å². The number of thiophene rings is 1. The minimum atomic E-state index is -3.65. The highest BCUT2D eigenvalue weighted by molar-refractivity contribution is 7.89. The second kappa shape index (κ2) is 6.87. The van der Waals surface area contributed by atoms with Gasteiger partial charge in [-0.25, -0.2) is 17.9 Å². The molecule has 1 fully saturated rings. The van der Waals surface area contributed by atoms with Crippen molar-refractivity contribution in [1.29, 1.82) is 0 Å². The summed E-state index contributed by atoms with van der Waals surface area (Å²) in [5.74, 6) is -0.414. The summed E-state index contributed by atoms with van der Waals surface area (Å²) < 4.78 is 32.1. The molecular formula is C13H19NO5S2. The van der Waals surface area contributed by atoms with Gasteiger partial charge in [0.25, 0.3) is 0 Å². The summed E-state index contributed by atoms with van der Waals surface area (Å²) in [4.78, 5) is 11.4. The topological polar surface area (TPSA) is 92.7 Å². The highest BCUT2D eigenvalue weighted by atomic mass is 32.2. The van der Waals surface area contributed by atoms with Crippen LogP contribution in [0.25, 0.3) is 0 Å². The van der Waals surface area contributed by atoms with Crippen molar-refractivity contribution in [1.82, 2.24) is 4.72 Å². The van der Waals surface area contributed by atoms with E-state index in [1.165, 1.54) is 18.9 Å². The van der Waals surface area contributed by atoms with Gasteiger partial charge in [0.1, 0.15) is 4.88 Å². The van der Waals surface area contributed by atoms with Gasteiger partial charge in [-0.3, -0.25) is 0 Å². The molecule has 1 saturated carbocycles. The molecule has 1 heterocycles. The van der Waals surface area contributed by atoms with Crippen LogP contribution in [-0.4, -0.2) is 39.3 Å². The van der Waals surface area contributed by atoms with Gasteiger partial charge in [0.15, 0.2) is 0 Å². The molecule has 0 unspecified atom stereocenters. The maximum atomic E-state index is 12.1. The highest BCUT2D eigenvalue weighted by Gasteiger charge is 2.22. The Morgan fingerprint density at radius 3 is 2.81 bits per heavy atom. The molecule has 8 heteroatoms. The lowest BCUT2D eigenvalue weighted by atomic mass is 10.4. The molecule has 0 spiro atoms. The maximum Gasteiger partial charge on any atom is 0.345 e. The molecule has 0 atom stereocenters. The van der Waals surface area contributed by atoms with E-state index in [9.17, 15) is 13.2 Å². The average Bonchev–Trinajstić information content (AvgIpc) is 3.13. The predicted molar refractivity (Wildman–Crippen MR) is 79.4 cm³/mol. The average molecular weight is 333 g/mol. The van der Waals surface area contributed by atoms with Crippen LogP contribution < -0.4 is 4.72 Å². The quantitative estimate of drug-likeness (QED) is 0.673. The van der Waals surface area contributed by atoms with Crippen molar-refractivity contribution >= 4 is 27.3 Å². The summed E-state index contributed by atoms with van der Waals surface area (Å²) in [7, 11) is -3.65. The van der Waals surface area contributed by atoms with Crippen molar-refractivity contribution in [3.63, 3.8) is 0 Å². The third-order valence-electron chi connectivity index (χ3n) is 3.18. The fourth-order valence-electron chi connectivity index (χ4n) is 1.83. The molecule has 0 radical (unpaired) electrons. The smallest absolute Gasteiger partial charge is 0.345 e. The summed E-state index contributed by atoms with van der Waals surface area (Å²) in [5, 5.41) is 8.89. The van der Waals surface area contributed by atoms with Crippen LogP contribution in [0, 0.1) is 12.8 Å². The first-order valence-corrected chi connectivity index (χ1v) is 9.11. The van der Waals surface area contributed by atoms with Gasteiger partial charge in [0, 0.05) is 24.6 Å². The van der Waals surface area contributed by atoms with Gasteiger partial charge in [-0.2, -0.15) is 0 Å². The fourth-order valence-corrected chi connectivity index (χ4v) is 4.33. The first-order valence-electron chi connectivity index (χ1n) is 6.81. The monoisotopic (exact) mass is 333 g/mol. The Hall–Kier alpha value is -0.960. The number of hydrogen-bond donors (Lipinski definition) is 2. The normalized spacial score (nSPS) is 15.3. The molecule has 0 aromatic carbocycles. The Bertz CT molecular complexity index is 604. The molecule has 2 N–H and O–H groups in total. The van der Waals surface area contributed by atoms with Gasteiger partial charge in [-0.1, -0.05) is 0 Å². The second-order valence-electron chi connectivity index (χ2n) is 5.11. The molecule has 2 rings (SSSR count). The second-order valence-corrected chi connectivity index (χ2v) is 8.10. The molecule has 0 aliphatic heterocycles. The van der Waals surface area contributed by atoms with E-state index < -0.39 is 16.0 Å². The molecule has 6 nitrogen and oxygen atoms in total. The van der Waals surface area contributed by atoms with Gasteiger partial charge in [0.05, 0.1) is 4.90 Å². The zero-order valence-corrected chi connectivity index (χ0v) is 13.4. The van der Waals surface area contributed by atoms with Crippen molar-refractivity contribution in [2.45, 2.75) is 31.1 Å². The van der Waals surface area contributed by atoms with Crippen LogP contribution in [0.4, 0.5) is 0 Å².